The fraction of sp³-hybridized carbons (Fsp3) is 0.556. The molecule has 3 heteroatoms. The molecule has 0 aliphatic carbocycles. The lowest BCUT2D eigenvalue weighted by atomic mass is 10.2. The number of hydrogen-bond donors (Lipinski definition) is 1. The molecule has 1 atom stereocenters. The first-order chi connectivity index (χ1) is 5.84. The summed E-state index contributed by atoms with van der Waals surface area (Å²) < 4.78 is 0. The summed E-state index contributed by atoms with van der Waals surface area (Å²) >= 11 is 0. The summed E-state index contributed by atoms with van der Waals surface area (Å²) in [6, 6.07) is 2.26. The standard InChI is InChI=1S/C9H15N3/c1-3-5-11-8(2)9-4-6-10-7-12-9/h4,6-8,11H,3,5H2,1-2H3. The Hall–Kier alpha value is -0.960. The van der Waals surface area contributed by atoms with Gasteiger partial charge in [0.1, 0.15) is 6.33 Å². The lowest BCUT2D eigenvalue weighted by Gasteiger charge is -2.11. The van der Waals surface area contributed by atoms with Crippen molar-refractivity contribution in [2.45, 2.75) is 26.3 Å². The number of aromatic nitrogens is 2. The van der Waals surface area contributed by atoms with Crippen LogP contribution in [0.2, 0.25) is 0 Å². The fourth-order valence-electron chi connectivity index (χ4n) is 1.02. The fourth-order valence-corrected chi connectivity index (χ4v) is 1.02. The molecule has 0 aliphatic heterocycles. The monoisotopic (exact) mass is 165 g/mol. The second-order valence-electron chi connectivity index (χ2n) is 2.81. The Kier molecular flexibility index (Phi) is 3.67. The Labute approximate surface area is 73.2 Å². The molecule has 0 amide bonds. The van der Waals surface area contributed by atoms with E-state index >= 15 is 0 Å². The van der Waals surface area contributed by atoms with E-state index in [0.717, 1.165) is 18.7 Å². The minimum absolute atomic E-state index is 0.327. The van der Waals surface area contributed by atoms with Gasteiger partial charge in [-0.25, -0.2) is 9.97 Å². The van der Waals surface area contributed by atoms with Gasteiger partial charge in [0.05, 0.1) is 5.69 Å². The highest BCUT2D eigenvalue weighted by Gasteiger charge is 2.03. The Morgan fingerprint density at radius 1 is 1.58 bits per heavy atom. The van der Waals surface area contributed by atoms with Crippen LogP contribution >= 0.6 is 0 Å². The lowest BCUT2D eigenvalue weighted by Crippen LogP contribution is -2.20. The highest BCUT2D eigenvalue weighted by molar-refractivity contribution is 5.02. The zero-order chi connectivity index (χ0) is 8.81. The predicted octanol–water partition coefficient (Wildman–Crippen LogP) is 1.54. The second kappa shape index (κ2) is 4.83. The van der Waals surface area contributed by atoms with Gasteiger partial charge in [-0.15, -0.1) is 0 Å². The molecule has 1 heterocycles. The molecular weight excluding hydrogens is 150 g/mol. The molecule has 0 aliphatic rings. The number of rotatable bonds is 4. The van der Waals surface area contributed by atoms with Crippen molar-refractivity contribution in [3.8, 4) is 0 Å². The van der Waals surface area contributed by atoms with Crippen molar-refractivity contribution in [3.63, 3.8) is 0 Å². The van der Waals surface area contributed by atoms with Crippen LogP contribution in [-0.2, 0) is 0 Å². The molecule has 0 radical (unpaired) electrons. The first-order valence-electron chi connectivity index (χ1n) is 4.34. The Balaban J connectivity index is 2.48. The van der Waals surface area contributed by atoms with Crippen LogP contribution in [0.3, 0.4) is 0 Å². The Bertz CT molecular complexity index is 210. The molecular formula is C9H15N3. The van der Waals surface area contributed by atoms with Crippen molar-refractivity contribution in [2.24, 2.45) is 0 Å². The van der Waals surface area contributed by atoms with Crippen molar-refractivity contribution >= 4 is 0 Å². The highest BCUT2D eigenvalue weighted by Crippen LogP contribution is 2.05. The van der Waals surface area contributed by atoms with Gasteiger partial charge in [0, 0.05) is 12.2 Å². The van der Waals surface area contributed by atoms with E-state index in [-0.39, 0.29) is 0 Å². The van der Waals surface area contributed by atoms with E-state index in [0.29, 0.717) is 6.04 Å². The molecule has 0 fully saturated rings. The third-order valence-corrected chi connectivity index (χ3v) is 1.75. The van der Waals surface area contributed by atoms with Gasteiger partial charge in [-0.05, 0) is 26.0 Å². The van der Waals surface area contributed by atoms with E-state index < -0.39 is 0 Å². The van der Waals surface area contributed by atoms with Gasteiger partial charge in [0.15, 0.2) is 0 Å². The van der Waals surface area contributed by atoms with Crippen molar-refractivity contribution in [1.82, 2.24) is 15.3 Å². The third kappa shape index (κ3) is 2.58. The van der Waals surface area contributed by atoms with Crippen LogP contribution in [0.5, 0.6) is 0 Å². The first-order valence-corrected chi connectivity index (χ1v) is 4.34. The minimum Gasteiger partial charge on any atom is -0.309 e. The summed E-state index contributed by atoms with van der Waals surface area (Å²) in [6.07, 6.45) is 4.50. The molecule has 0 saturated heterocycles. The normalized spacial score (nSPS) is 12.8. The van der Waals surface area contributed by atoms with Gasteiger partial charge in [0.2, 0.25) is 0 Å². The van der Waals surface area contributed by atoms with Gasteiger partial charge < -0.3 is 5.32 Å². The largest absolute Gasteiger partial charge is 0.309 e. The van der Waals surface area contributed by atoms with Gasteiger partial charge in [-0.3, -0.25) is 0 Å². The maximum Gasteiger partial charge on any atom is 0.115 e. The van der Waals surface area contributed by atoms with Crippen LogP contribution in [0.1, 0.15) is 32.0 Å². The summed E-state index contributed by atoms with van der Waals surface area (Å²) in [6.45, 7) is 5.29. The van der Waals surface area contributed by atoms with E-state index in [4.69, 9.17) is 0 Å². The van der Waals surface area contributed by atoms with Crippen LogP contribution in [0, 0.1) is 0 Å². The maximum absolute atomic E-state index is 4.16. The highest BCUT2D eigenvalue weighted by atomic mass is 14.9. The van der Waals surface area contributed by atoms with Crippen LogP contribution in [0.15, 0.2) is 18.6 Å². The summed E-state index contributed by atoms with van der Waals surface area (Å²) in [5.74, 6) is 0. The van der Waals surface area contributed by atoms with E-state index in [1.807, 2.05) is 6.07 Å². The third-order valence-electron chi connectivity index (χ3n) is 1.75. The summed E-state index contributed by atoms with van der Waals surface area (Å²) in [7, 11) is 0. The molecule has 1 aromatic rings. The van der Waals surface area contributed by atoms with Crippen LogP contribution in [0.25, 0.3) is 0 Å². The van der Waals surface area contributed by atoms with Crippen LogP contribution in [0.4, 0.5) is 0 Å². The molecule has 66 valence electrons. The number of nitrogens with zero attached hydrogens (tertiary/aromatic N) is 2. The van der Waals surface area contributed by atoms with E-state index in [2.05, 4.69) is 29.1 Å². The SMILES string of the molecule is CCCNC(C)c1ccncn1. The molecule has 1 rings (SSSR count). The summed E-state index contributed by atoms with van der Waals surface area (Å²) in [5, 5.41) is 3.36. The van der Waals surface area contributed by atoms with Gasteiger partial charge >= 0.3 is 0 Å². The maximum atomic E-state index is 4.16. The molecule has 3 nitrogen and oxygen atoms in total. The molecule has 1 unspecified atom stereocenters. The molecule has 0 saturated carbocycles. The van der Waals surface area contributed by atoms with Gasteiger partial charge in [0.25, 0.3) is 0 Å². The van der Waals surface area contributed by atoms with Gasteiger partial charge in [-0.2, -0.15) is 0 Å². The summed E-state index contributed by atoms with van der Waals surface area (Å²) in [4.78, 5) is 8.03. The van der Waals surface area contributed by atoms with Crippen LogP contribution in [-0.4, -0.2) is 16.5 Å². The van der Waals surface area contributed by atoms with Crippen LogP contribution < -0.4 is 5.32 Å². The lowest BCUT2D eigenvalue weighted by molar-refractivity contribution is 0.557. The summed E-state index contributed by atoms with van der Waals surface area (Å²) in [5.41, 5.74) is 1.05. The average Bonchev–Trinajstić information content (AvgIpc) is 2.15. The molecule has 1 N–H and O–H groups in total. The van der Waals surface area contributed by atoms with Gasteiger partial charge in [-0.1, -0.05) is 6.92 Å². The second-order valence-corrected chi connectivity index (χ2v) is 2.81. The van der Waals surface area contributed by atoms with Crippen molar-refractivity contribution in [1.29, 1.82) is 0 Å². The first kappa shape index (κ1) is 9.13. The molecule has 0 spiro atoms. The Morgan fingerprint density at radius 2 is 2.42 bits per heavy atom. The quantitative estimate of drug-likeness (QED) is 0.735. The topological polar surface area (TPSA) is 37.8 Å². The molecule has 0 bridgehead atoms. The van der Waals surface area contributed by atoms with Crippen molar-refractivity contribution in [2.75, 3.05) is 6.54 Å². The smallest absolute Gasteiger partial charge is 0.115 e. The molecule has 1 aromatic heterocycles. The Morgan fingerprint density at radius 3 is 3.00 bits per heavy atom. The van der Waals surface area contributed by atoms with Crippen molar-refractivity contribution < 1.29 is 0 Å². The minimum atomic E-state index is 0.327. The predicted molar refractivity (Wildman–Crippen MR) is 48.7 cm³/mol. The van der Waals surface area contributed by atoms with E-state index in [1.165, 1.54) is 0 Å². The molecule has 12 heavy (non-hydrogen) atoms. The number of hydrogen-bond acceptors (Lipinski definition) is 3. The molecule has 0 aromatic carbocycles. The van der Waals surface area contributed by atoms with E-state index in [9.17, 15) is 0 Å². The van der Waals surface area contributed by atoms with E-state index in [1.54, 1.807) is 12.5 Å². The number of nitrogens with one attached hydrogen (secondary N) is 1. The zero-order valence-electron chi connectivity index (χ0n) is 7.62. The zero-order valence-corrected chi connectivity index (χ0v) is 7.62. The average molecular weight is 165 g/mol. The van der Waals surface area contributed by atoms with Crippen molar-refractivity contribution in [3.05, 3.63) is 24.3 Å².